The van der Waals surface area contributed by atoms with Gasteiger partial charge in [0, 0.05) is 6.04 Å². The van der Waals surface area contributed by atoms with E-state index in [0.717, 1.165) is 16.9 Å². The Balaban J connectivity index is 2.68. The van der Waals surface area contributed by atoms with E-state index in [1.54, 1.807) is 0 Å². The zero-order valence-corrected chi connectivity index (χ0v) is 8.79. The molecule has 1 aromatic carbocycles. The molecule has 0 fully saturated rings. The van der Waals surface area contributed by atoms with E-state index >= 15 is 0 Å². The van der Waals surface area contributed by atoms with Crippen LogP contribution in [-0.4, -0.2) is 6.61 Å². The van der Waals surface area contributed by atoms with Gasteiger partial charge in [-0.25, -0.2) is 0 Å². The van der Waals surface area contributed by atoms with E-state index in [9.17, 15) is 0 Å². The minimum Gasteiger partial charge on any atom is -0.489 e. The molecule has 14 heavy (non-hydrogen) atoms. The van der Waals surface area contributed by atoms with Crippen molar-refractivity contribution in [3.05, 3.63) is 42.0 Å². The zero-order chi connectivity index (χ0) is 10.6. The van der Waals surface area contributed by atoms with Gasteiger partial charge in [-0.2, -0.15) is 0 Å². The summed E-state index contributed by atoms with van der Waals surface area (Å²) in [7, 11) is 0. The Morgan fingerprint density at radius 3 is 2.86 bits per heavy atom. The molecule has 0 bridgehead atoms. The Bertz CT molecular complexity index is 318. The minimum absolute atomic E-state index is 0.0448. The number of rotatable bonds is 4. The van der Waals surface area contributed by atoms with Crippen LogP contribution in [0.25, 0.3) is 0 Å². The van der Waals surface area contributed by atoms with Crippen molar-refractivity contribution in [1.29, 1.82) is 0 Å². The van der Waals surface area contributed by atoms with Gasteiger partial charge < -0.3 is 10.5 Å². The third-order valence-corrected chi connectivity index (χ3v) is 1.87. The van der Waals surface area contributed by atoms with Gasteiger partial charge in [-0.3, -0.25) is 0 Å². The molecule has 2 heteroatoms. The molecule has 0 aliphatic rings. The maximum Gasteiger partial charge on any atom is 0.120 e. The number of hydrogen-bond donors (Lipinski definition) is 1. The summed E-state index contributed by atoms with van der Waals surface area (Å²) in [6.07, 6.45) is 0. The standard InChI is InChI=1S/C12H17NO/c1-9(2)8-14-12-6-4-5-11(7-12)10(3)13/h4-7,10H,1,8,13H2,2-3H3. The van der Waals surface area contributed by atoms with Crippen LogP contribution >= 0.6 is 0 Å². The molecule has 0 radical (unpaired) electrons. The molecule has 0 spiro atoms. The number of benzene rings is 1. The first kappa shape index (κ1) is 10.8. The first-order valence-corrected chi connectivity index (χ1v) is 4.72. The fraction of sp³-hybridized carbons (Fsp3) is 0.333. The smallest absolute Gasteiger partial charge is 0.120 e. The van der Waals surface area contributed by atoms with Crippen molar-refractivity contribution in [2.24, 2.45) is 5.73 Å². The molecule has 1 unspecified atom stereocenters. The first-order chi connectivity index (χ1) is 6.59. The van der Waals surface area contributed by atoms with Gasteiger partial charge in [0.2, 0.25) is 0 Å². The van der Waals surface area contributed by atoms with Crippen LogP contribution in [0.4, 0.5) is 0 Å². The molecule has 0 aromatic heterocycles. The van der Waals surface area contributed by atoms with Crippen LogP contribution in [0.15, 0.2) is 36.4 Å². The predicted molar refractivity (Wildman–Crippen MR) is 59.4 cm³/mol. The van der Waals surface area contributed by atoms with Gasteiger partial charge in [-0.15, -0.1) is 0 Å². The SMILES string of the molecule is C=C(C)COc1cccc(C(C)N)c1. The lowest BCUT2D eigenvalue weighted by molar-refractivity contribution is 0.352. The molecule has 76 valence electrons. The average Bonchev–Trinajstić information content (AvgIpc) is 2.15. The predicted octanol–water partition coefficient (Wildman–Crippen LogP) is 2.66. The van der Waals surface area contributed by atoms with Crippen LogP contribution in [-0.2, 0) is 0 Å². The van der Waals surface area contributed by atoms with Gasteiger partial charge in [0.15, 0.2) is 0 Å². The summed E-state index contributed by atoms with van der Waals surface area (Å²) in [5.41, 5.74) is 7.86. The van der Waals surface area contributed by atoms with E-state index in [1.807, 2.05) is 38.1 Å². The lowest BCUT2D eigenvalue weighted by atomic mass is 10.1. The van der Waals surface area contributed by atoms with Gasteiger partial charge in [0.05, 0.1) is 0 Å². The summed E-state index contributed by atoms with van der Waals surface area (Å²) in [4.78, 5) is 0. The van der Waals surface area contributed by atoms with Crippen LogP contribution in [0.3, 0.4) is 0 Å². The molecule has 1 atom stereocenters. The van der Waals surface area contributed by atoms with Crippen molar-refractivity contribution in [2.75, 3.05) is 6.61 Å². The van der Waals surface area contributed by atoms with Crippen LogP contribution in [0.2, 0.25) is 0 Å². The highest BCUT2D eigenvalue weighted by Crippen LogP contribution is 2.17. The van der Waals surface area contributed by atoms with Crippen molar-refractivity contribution in [3.63, 3.8) is 0 Å². The Morgan fingerprint density at radius 2 is 2.29 bits per heavy atom. The molecule has 2 nitrogen and oxygen atoms in total. The molecule has 0 amide bonds. The quantitative estimate of drug-likeness (QED) is 0.742. The Hall–Kier alpha value is -1.28. The van der Waals surface area contributed by atoms with Crippen LogP contribution < -0.4 is 10.5 Å². The Morgan fingerprint density at radius 1 is 1.57 bits per heavy atom. The fourth-order valence-electron chi connectivity index (χ4n) is 1.09. The Labute approximate surface area is 85.4 Å². The summed E-state index contributed by atoms with van der Waals surface area (Å²) in [5.74, 6) is 0.850. The van der Waals surface area contributed by atoms with E-state index in [1.165, 1.54) is 0 Å². The van der Waals surface area contributed by atoms with E-state index < -0.39 is 0 Å². The zero-order valence-electron chi connectivity index (χ0n) is 8.79. The van der Waals surface area contributed by atoms with Crippen molar-refractivity contribution in [3.8, 4) is 5.75 Å². The summed E-state index contributed by atoms with van der Waals surface area (Å²) < 4.78 is 5.50. The second-order valence-corrected chi connectivity index (χ2v) is 3.61. The van der Waals surface area contributed by atoms with E-state index in [2.05, 4.69) is 6.58 Å². The lowest BCUT2D eigenvalue weighted by Gasteiger charge is -2.09. The maximum atomic E-state index is 5.77. The second-order valence-electron chi connectivity index (χ2n) is 3.61. The molecule has 2 N–H and O–H groups in total. The summed E-state index contributed by atoms with van der Waals surface area (Å²) in [6.45, 7) is 8.23. The van der Waals surface area contributed by atoms with Crippen LogP contribution in [0.1, 0.15) is 25.5 Å². The first-order valence-electron chi connectivity index (χ1n) is 4.72. The van der Waals surface area contributed by atoms with E-state index in [4.69, 9.17) is 10.5 Å². The fourth-order valence-corrected chi connectivity index (χ4v) is 1.09. The largest absolute Gasteiger partial charge is 0.489 e. The number of nitrogens with two attached hydrogens (primary N) is 1. The van der Waals surface area contributed by atoms with Crippen molar-refractivity contribution < 1.29 is 4.74 Å². The van der Waals surface area contributed by atoms with Gasteiger partial charge in [0.25, 0.3) is 0 Å². The molecule has 0 saturated carbocycles. The minimum atomic E-state index is 0.0448. The van der Waals surface area contributed by atoms with Gasteiger partial charge in [0.1, 0.15) is 12.4 Å². The normalized spacial score (nSPS) is 12.2. The second kappa shape index (κ2) is 4.82. The summed E-state index contributed by atoms with van der Waals surface area (Å²) in [5, 5.41) is 0. The summed E-state index contributed by atoms with van der Waals surface area (Å²) in [6, 6.07) is 7.89. The van der Waals surface area contributed by atoms with Crippen molar-refractivity contribution in [2.45, 2.75) is 19.9 Å². The highest BCUT2D eigenvalue weighted by atomic mass is 16.5. The van der Waals surface area contributed by atoms with Crippen molar-refractivity contribution >= 4 is 0 Å². The molecular formula is C12H17NO. The molecular weight excluding hydrogens is 174 g/mol. The van der Waals surface area contributed by atoms with Gasteiger partial charge in [-0.05, 0) is 37.1 Å². The number of hydrogen-bond acceptors (Lipinski definition) is 2. The van der Waals surface area contributed by atoms with Gasteiger partial charge in [-0.1, -0.05) is 18.7 Å². The molecule has 1 rings (SSSR count). The summed E-state index contributed by atoms with van der Waals surface area (Å²) >= 11 is 0. The lowest BCUT2D eigenvalue weighted by Crippen LogP contribution is -2.05. The average molecular weight is 191 g/mol. The van der Waals surface area contributed by atoms with Crippen LogP contribution in [0, 0.1) is 0 Å². The van der Waals surface area contributed by atoms with Gasteiger partial charge >= 0.3 is 0 Å². The monoisotopic (exact) mass is 191 g/mol. The molecule has 0 heterocycles. The highest BCUT2D eigenvalue weighted by Gasteiger charge is 2.00. The molecule has 1 aromatic rings. The third-order valence-electron chi connectivity index (χ3n) is 1.87. The molecule has 0 saturated heterocycles. The molecule has 0 aliphatic carbocycles. The maximum absolute atomic E-state index is 5.77. The Kier molecular flexibility index (Phi) is 3.72. The van der Waals surface area contributed by atoms with E-state index in [-0.39, 0.29) is 6.04 Å². The molecule has 0 aliphatic heterocycles. The number of ether oxygens (including phenoxy) is 1. The van der Waals surface area contributed by atoms with Crippen LogP contribution in [0.5, 0.6) is 5.75 Å². The third kappa shape index (κ3) is 3.23. The van der Waals surface area contributed by atoms with Crippen molar-refractivity contribution in [1.82, 2.24) is 0 Å². The highest BCUT2D eigenvalue weighted by molar-refractivity contribution is 5.30. The topological polar surface area (TPSA) is 35.2 Å². The van der Waals surface area contributed by atoms with E-state index in [0.29, 0.717) is 6.61 Å².